The molecule has 0 aliphatic heterocycles. The molecule has 22 heavy (non-hydrogen) atoms. The number of hydrogen-bond donors (Lipinski definition) is 2. The fraction of sp³-hybridized carbons (Fsp3) is 0.400. The molecule has 0 fully saturated rings. The van der Waals surface area contributed by atoms with E-state index in [0.29, 0.717) is 18.7 Å². The van der Waals surface area contributed by atoms with Gasteiger partial charge in [0.1, 0.15) is 6.61 Å². The van der Waals surface area contributed by atoms with Crippen LogP contribution in [0.15, 0.2) is 41.3 Å². The topological polar surface area (TPSA) is 92.7 Å². The summed E-state index contributed by atoms with van der Waals surface area (Å²) in [5, 5.41) is 3.04. The van der Waals surface area contributed by atoms with Crippen molar-refractivity contribution in [1.82, 2.24) is 5.32 Å². The third-order valence-corrected chi connectivity index (χ3v) is 3.30. The highest BCUT2D eigenvalue weighted by Crippen LogP contribution is 2.08. The summed E-state index contributed by atoms with van der Waals surface area (Å²) in [5.74, 6) is -0.317. The molecule has 0 unspecified atom stereocenters. The maximum absolute atomic E-state index is 10.8. The Morgan fingerprint density at radius 1 is 1.32 bits per heavy atom. The largest absolute Gasteiger partial charge is 0.461 e. The molecule has 0 amide bonds. The normalized spacial score (nSPS) is 10.4. The third-order valence-electron chi connectivity index (χ3n) is 2.43. The molecule has 0 spiro atoms. The van der Waals surface area contributed by atoms with Gasteiger partial charge in [0.25, 0.3) is 10.1 Å². The number of rotatable bonds is 6. The average molecular weight is 329 g/mol. The van der Waals surface area contributed by atoms with Gasteiger partial charge in [-0.05, 0) is 32.5 Å². The van der Waals surface area contributed by atoms with Crippen molar-refractivity contribution in [2.45, 2.75) is 25.7 Å². The predicted molar refractivity (Wildman–Crippen MR) is 85.3 cm³/mol. The molecule has 0 saturated carbocycles. The van der Waals surface area contributed by atoms with E-state index in [1.807, 2.05) is 13.8 Å². The third kappa shape index (κ3) is 9.28. The van der Waals surface area contributed by atoms with Crippen LogP contribution in [-0.4, -0.2) is 38.6 Å². The highest BCUT2D eigenvalue weighted by molar-refractivity contribution is 7.85. The lowest BCUT2D eigenvalue weighted by Gasteiger charge is -2.03. The van der Waals surface area contributed by atoms with Gasteiger partial charge in [-0.25, -0.2) is 4.79 Å². The van der Waals surface area contributed by atoms with E-state index in [9.17, 15) is 13.2 Å². The number of nitrogens with one attached hydrogen (secondary N) is 1. The second kappa shape index (κ2) is 10.1. The number of benzene rings is 1. The van der Waals surface area contributed by atoms with Crippen LogP contribution in [0.25, 0.3) is 0 Å². The van der Waals surface area contributed by atoms with E-state index in [4.69, 9.17) is 9.29 Å². The van der Waals surface area contributed by atoms with E-state index in [-0.39, 0.29) is 10.9 Å². The van der Waals surface area contributed by atoms with Crippen LogP contribution in [0, 0.1) is 6.92 Å². The first kappa shape index (κ1) is 20.3. The van der Waals surface area contributed by atoms with Gasteiger partial charge in [0.2, 0.25) is 0 Å². The highest BCUT2D eigenvalue weighted by Gasteiger charge is 2.06. The fourth-order valence-corrected chi connectivity index (χ4v) is 1.71. The molecule has 1 aromatic rings. The minimum atomic E-state index is -4.02. The van der Waals surface area contributed by atoms with Gasteiger partial charge >= 0.3 is 5.97 Å². The fourth-order valence-electron chi connectivity index (χ4n) is 1.23. The van der Waals surface area contributed by atoms with Crippen LogP contribution < -0.4 is 5.32 Å². The quantitative estimate of drug-likeness (QED) is 0.359. The molecule has 0 bridgehead atoms. The smallest absolute Gasteiger partial charge is 0.333 e. The van der Waals surface area contributed by atoms with Crippen LogP contribution in [-0.2, 0) is 19.6 Å². The zero-order valence-corrected chi connectivity index (χ0v) is 13.9. The minimum Gasteiger partial charge on any atom is -0.461 e. The molecule has 7 heteroatoms. The summed E-state index contributed by atoms with van der Waals surface area (Å²) < 4.78 is 34.4. The van der Waals surface area contributed by atoms with Gasteiger partial charge in [0, 0.05) is 12.1 Å². The van der Waals surface area contributed by atoms with Gasteiger partial charge in [0.15, 0.2) is 0 Å². The molecule has 0 atom stereocenters. The van der Waals surface area contributed by atoms with Crippen LogP contribution in [0.1, 0.15) is 19.4 Å². The zero-order valence-electron chi connectivity index (χ0n) is 13.1. The molecule has 0 aliphatic rings. The monoisotopic (exact) mass is 329 g/mol. The summed E-state index contributed by atoms with van der Waals surface area (Å²) >= 11 is 0. The van der Waals surface area contributed by atoms with Crippen molar-refractivity contribution >= 4 is 16.1 Å². The summed E-state index contributed by atoms with van der Waals surface area (Å²) in [4.78, 5) is 10.7. The van der Waals surface area contributed by atoms with E-state index in [2.05, 4.69) is 11.9 Å². The van der Waals surface area contributed by atoms with Crippen molar-refractivity contribution in [2.24, 2.45) is 0 Å². The first-order chi connectivity index (χ1) is 10.2. The number of hydrogen-bond acceptors (Lipinski definition) is 5. The van der Waals surface area contributed by atoms with E-state index >= 15 is 0 Å². The van der Waals surface area contributed by atoms with E-state index in [0.717, 1.165) is 12.1 Å². The van der Waals surface area contributed by atoms with Gasteiger partial charge in [-0.2, -0.15) is 8.42 Å². The molecule has 0 saturated heterocycles. The van der Waals surface area contributed by atoms with Crippen molar-refractivity contribution in [3.05, 3.63) is 42.0 Å². The number of ether oxygens (including phenoxy) is 1. The standard InChI is InChI=1S/C8H15NO2.C7H8O3S/c1-4-9-5-6-11-8(10)7(2)3;1-6-2-4-7(5-3-6)11(8,9)10/h9H,2,4-6H2,1,3H3;2-5H,1H3,(H,8,9,10). The second-order valence-corrected chi connectivity index (χ2v) is 5.98. The number of carbonyl (C=O) groups is 1. The molecule has 1 rings (SSSR count). The molecule has 6 nitrogen and oxygen atoms in total. The average Bonchev–Trinajstić information content (AvgIpc) is 2.43. The Morgan fingerprint density at radius 3 is 2.27 bits per heavy atom. The molecule has 124 valence electrons. The Morgan fingerprint density at radius 2 is 1.86 bits per heavy atom. The van der Waals surface area contributed by atoms with Gasteiger partial charge in [-0.3, -0.25) is 4.55 Å². The Kier molecular flexibility index (Phi) is 9.32. The minimum absolute atomic E-state index is 0.0666. The van der Waals surface area contributed by atoms with Crippen molar-refractivity contribution in [2.75, 3.05) is 19.7 Å². The van der Waals surface area contributed by atoms with Crippen molar-refractivity contribution in [3.63, 3.8) is 0 Å². The van der Waals surface area contributed by atoms with E-state index < -0.39 is 10.1 Å². The van der Waals surface area contributed by atoms with E-state index in [1.54, 1.807) is 19.1 Å². The van der Waals surface area contributed by atoms with Crippen molar-refractivity contribution in [1.29, 1.82) is 0 Å². The van der Waals surface area contributed by atoms with Crippen LogP contribution in [0.5, 0.6) is 0 Å². The summed E-state index contributed by atoms with van der Waals surface area (Å²) in [6.07, 6.45) is 0. The van der Waals surface area contributed by atoms with Gasteiger partial charge < -0.3 is 10.1 Å². The highest BCUT2D eigenvalue weighted by atomic mass is 32.2. The van der Waals surface area contributed by atoms with Crippen molar-refractivity contribution in [3.8, 4) is 0 Å². The lowest BCUT2D eigenvalue weighted by atomic mass is 10.2. The van der Waals surface area contributed by atoms with Crippen molar-refractivity contribution < 1.29 is 22.5 Å². The predicted octanol–water partition coefficient (Wildman–Crippen LogP) is 1.96. The molecule has 0 aliphatic carbocycles. The molecular formula is C15H23NO5S. The van der Waals surface area contributed by atoms with Crippen LogP contribution >= 0.6 is 0 Å². The second-order valence-electron chi connectivity index (χ2n) is 4.56. The lowest BCUT2D eigenvalue weighted by Crippen LogP contribution is -2.20. The van der Waals surface area contributed by atoms with Gasteiger partial charge in [0.05, 0.1) is 4.90 Å². The lowest BCUT2D eigenvalue weighted by molar-refractivity contribution is -0.138. The van der Waals surface area contributed by atoms with Crippen LogP contribution in [0.3, 0.4) is 0 Å². The Hall–Kier alpha value is -1.70. The summed E-state index contributed by atoms with van der Waals surface area (Å²) in [7, 11) is -4.02. The number of esters is 1. The number of likely N-dealkylation sites (N-methyl/N-ethyl adjacent to an activating group) is 1. The zero-order chi connectivity index (χ0) is 17.2. The molecule has 0 radical (unpaired) electrons. The summed E-state index contributed by atoms with van der Waals surface area (Å²) in [5.41, 5.74) is 1.40. The van der Waals surface area contributed by atoms with Gasteiger partial charge in [-0.15, -0.1) is 0 Å². The number of aryl methyl sites for hydroxylation is 1. The Bertz CT molecular complexity index is 578. The van der Waals surface area contributed by atoms with Gasteiger partial charge in [-0.1, -0.05) is 31.2 Å². The molecular weight excluding hydrogens is 306 g/mol. The summed E-state index contributed by atoms with van der Waals surface area (Å²) in [6.45, 7) is 10.9. The SMILES string of the molecule is C=C(C)C(=O)OCCNCC.Cc1ccc(S(=O)(=O)O)cc1. The maximum atomic E-state index is 10.8. The number of carbonyl (C=O) groups excluding carboxylic acids is 1. The molecule has 0 aromatic heterocycles. The molecule has 0 heterocycles. The Balaban J connectivity index is 0.000000401. The van der Waals surface area contributed by atoms with Crippen LogP contribution in [0.4, 0.5) is 0 Å². The first-order valence-corrected chi connectivity index (χ1v) is 8.20. The molecule has 2 N–H and O–H groups in total. The Labute approximate surface area is 131 Å². The van der Waals surface area contributed by atoms with E-state index in [1.165, 1.54) is 12.1 Å². The summed E-state index contributed by atoms with van der Waals surface area (Å²) in [6, 6.07) is 5.99. The van der Waals surface area contributed by atoms with Crippen LogP contribution in [0.2, 0.25) is 0 Å². The molecule has 1 aromatic carbocycles. The maximum Gasteiger partial charge on any atom is 0.333 e. The first-order valence-electron chi connectivity index (χ1n) is 6.76.